The first kappa shape index (κ1) is 15.5. The van der Waals surface area contributed by atoms with Crippen LogP contribution in [-0.4, -0.2) is 36.0 Å². The Balaban J connectivity index is 2.43. The number of hydrogen-bond donors (Lipinski definition) is 1. The van der Waals surface area contributed by atoms with Gasteiger partial charge < -0.3 is 10.2 Å². The molecule has 0 aliphatic carbocycles. The smallest absolute Gasteiger partial charge is 0.236 e. The van der Waals surface area contributed by atoms with E-state index < -0.39 is 0 Å². The molecule has 0 aromatic heterocycles. The third-order valence-corrected chi connectivity index (χ3v) is 4.60. The highest BCUT2D eigenvalue weighted by Gasteiger charge is 2.25. The van der Waals surface area contributed by atoms with Crippen molar-refractivity contribution in [2.45, 2.75) is 71.3 Å². The summed E-state index contributed by atoms with van der Waals surface area (Å²) in [6, 6.07) is 0. The van der Waals surface area contributed by atoms with Crippen molar-refractivity contribution >= 4 is 5.91 Å². The van der Waals surface area contributed by atoms with Crippen LogP contribution in [0.25, 0.3) is 0 Å². The predicted molar refractivity (Wildman–Crippen MR) is 76.7 cm³/mol. The van der Waals surface area contributed by atoms with Crippen molar-refractivity contribution in [3.8, 4) is 0 Å². The number of rotatable bonds is 6. The zero-order valence-electron chi connectivity index (χ0n) is 12.4. The van der Waals surface area contributed by atoms with Crippen LogP contribution in [0.15, 0.2) is 0 Å². The van der Waals surface area contributed by atoms with E-state index in [1.165, 1.54) is 25.7 Å². The zero-order valence-corrected chi connectivity index (χ0v) is 12.4. The van der Waals surface area contributed by atoms with Crippen molar-refractivity contribution < 1.29 is 4.79 Å². The topological polar surface area (TPSA) is 32.3 Å². The van der Waals surface area contributed by atoms with E-state index in [9.17, 15) is 4.79 Å². The van der Waals surface area contributed by atoms with Crippen LogP contribution in [0, 0.1) is 0 Å². The molecule has 3 nitrogen and oxygen atoms in total. The summed E-state index contributed by atoms with van der Waals surface area (Å²) in [6.45, 7) is 9.04. The van der Waals surface area contributed by atoms with Gasteiger partial charge in [0.1, 0.15) is 0 Å². The molecule has 0 aromatic rings. The molecule has 106 valence electrons. The third kappa shape index (κ3) is 4.27. The van der Waals surface area contributed by atoms with E-state index >= 15 is 0 Å². The minimum absolute atomic E-state index is 0.154. The van der Waals surface area contributed by atoms with Gasteiger partial charge in [-0.25, -0.2) is 0 Å². The van der Waals surface area contributed by atoms with Gasteiger partial charge in [-0.1, -0.05) is 33.6 Å². The van der Waals surface area contributed by atoms with Gasteiger partial charge in [0.25, 0.3) is 0 Å². The molecule has 0 atom stereocenters. The number of nitrogens with zero attached hydrogens (tertiary/aromatic N) is 1. The van der Waals surface area contributed by atoms with Crippen molar-refractivity contribution in [1.29, 1.82) is 0 Å². The number of carbonyl (C=O) groups is 1. The normalized spacial score (nSPS) is 17.6. The molecule has 0 bridgehead atoms. The lowest BCUT2D eigenvalue weighted by atomic mass is 9.90. The highest BCUT2D eigenvalue weighted by molar-refractivity contribution is 5.78. The summed E-state index contributed by atoms with van der Waals surface area (Å²) in [5.74, 6) is 0.289. The molecule has 0 saturated carbocycles. The summed E-state index contributed by atoms with van der Waals surface area (Å²) in [5, 5.41) is 3.51. The molecule has 1 saturated heterocycles. The lowest BCUT2D eigenvalue weighted by Crippen LogP contribution is -2.49. The Kier molecular flexibility index (Phi) is 6.69. The second-order valence-corrected chi connectivity index (χ2v) is 5.49. The van der Waals surface area contributed by atoms with Crippen LogP contribution in [-0.2, 0) is 4.79 Å². The van der Waals surface area contributed by atoms with Crippen LogP contribution in [0.2, 0.25) is 0 Å². The molecule has 1 fully saturated rings. The van der Waals surface area contributed by atoms with Gasteiger partial charge in [0, 0.05) is 18.6 Å². The van der Waals surface area contributed by atoms with Crippen molar-refractivity contribution in [2.24, 2.45) is 0 Å². The van der Waals surface area contributed by atoms with Crippen molar-refractivity contribution in [3.63, 3.8) is 0 Å². The highest BCUT2D eigenvalue weighted by Crippen LogP contribution is 2.19. The average molecular weight is 254 g/mol. The second-order valence-electron chi connectivity index (χ2n) is 5.49. The number of amides is 1. The summed E-state index contributed by atoms with van der Waals surface area (Å²) in [6.07, 6.45) is 8.17. The largest absolute Gasteiger partial charge is 0.342 e. The maximum absolute atomic E-state index is 12.2. The van der Waals surface area contributed by atoms with Crippen LogP contribution >= 0.6 is 0 Å². The maximum Gasteiger partial charge on any atom is 0.236 e. The minimum Gasteiger partial charge on any atom is -0.342 e. The van der Waals surface area contributed by atoms with Crippen molar-refractivity contribution in [2.75, 3.05) is 19.6 Å². The van der Waals surface area contributed by atoms with Gasteiger partial charge in [-0.3, -0.25) is 4.79 Å². The van der Waals surface area contributed by atoms with Gasteiger partial charge >= 0.3 is 0 Å². The minimum atomic E-state index is 0.154. The monoisotopic (exact) mass is 254 g/mol. The molecule has 1 aliphatic heterocycles. The lowest BCUT2D eigenvalue weighted by molar-refractivity contribution is -0.130. The highest BCUT2D eigenvalue weighted by atomic mass is 16.2. The fraction of sp³-hybridized carbons (Fsp3) is 0.933. The van der Waals surface area contributed by atoms with E-state index in [1.54, 1.807) is 0 Å². The van der Waals surface area contributed by atoms with Gasteiger partial charge in [-0.15, -0.1) is 0 Å². The quantitative estimate of drug-likeness (QED) is 0.790. The second kappa shape index (κ2) is 7.78. The lowest BCUT2D eigenvalue weighted by Gasteiger charge is -2.33. The first-order valence-electron chi connectivity index (χ1n) is 7.70. The summed E-state index contributed by atoms with van der Waals surface area (Å²) >= 11 is 0. The zero-order chi connectivity index (χ0) is 13.4. The summed E-state index contributed by atoms with van der Waals surface area (Å²) < 4.78 is 0. The Hall–Kier alpha value is -0.570. The molecule has 1 N–H and O–H groups in total. The molecular formula is C15H30N2O. The molecule has 1 rings (SSSR count). The standard InChI is InChI=1S/C15H30N2O/c1-4-15(5-2,6-3)16-13-14(18)17-11-9-7-8-10-12-17/h16H,4-13H2,1-3H3. The predicted octanol–water partition coefficient (Wildman–Crippen LogP) is 2.95. The van der Waals surface area contributed by atoms with E-state index in [-0.39, 0.29) is 11.4 Å². The van der Waals surface area contributed by atoms with Crippen LogP contribution in [0.4, 0.5) is 0 Å². The van der Waals surface area contributed by atoms with E-state index in [1.807, 2.05) is 4.90 Å². The van der Waals surface area contributed by atoms with Crippen molar-refractivity contribution in [1.82, 2.24) is 10.2 Å². The summed E-state index contributed by atoms with van der Waals surface area (Å²) in [7, 11) is 0. The van der Waals surface area contributed by atoms with Gasteiger partial charge in [0.05, 0.1) is 6.54 Å². The first-order valence-corrected chi connectivity index (χ1v) is 7.70. The van der Waals surface area contributed by atoms with E-state index in [2.05, 4.69) is 26.1 Å². The van der Waals surface area contributed by atoms with Crippen LogP contribution in [0.3, 0.4) is 0 Å². The maximum atomic E-state index is 12.2. The summed E-state index contributed by atoms with van der Waals surface area (Å²) in [5.41, 5.74) is 0.154. The molecule has 0 aromatic carbocycles. The van der Waals surface area contributed by atoms with Gasteiger partial charge in [0.15, 0.2) is 0 Å². The van der Waals surface area contributed by atoms with Gasteiger partial charge in [-0.05, 0) is 32.1 Å². The van der Waals surface area contributed by atoms with Crippen LogP contribution in [0.1, 0.15) is 65.7 Å². The Morgan fingerprint density at radius 1 is 1.00 bits per heavy atom. The van der Waals surface area contributed by atoms with Crippen LogP contribution in [0.5, 0.6) is 0 Å². The van der Waals surface area contributed by atoms with Crippen LogP contribution < -0.4 is 5.32 Å². The Morgan fingerprint density at radius 2 is 1.50 bits per heavy atom. The molecule has 1 amide bonds. The average Bonchev–Trinajstić information content (AvgIpc) is 2.69. The molecule has 0 unspecified atom stereocenters. The van der Waals surface area contributed by atoms with Crippen molar-refractivity contribution in [3.05, 3.63) is 0 Å². The fourth-order valence-corrected chi connectivity index (χ4v) is 2.82. The Bertz CT molecular complexity index is 233. The number of likely N-dealkylation sites (tertiary alicyclic amines) is 1. The number of carbonyl (C=O) groups excluding carboxylic acids is 1. The molecule has 1 aliphatic rings. The molecular weight excluding hydrogens is 224 g/mol. The molecule has 3 heteroatoms. The first-order chi connectivity index (χ1) is 8.67. The van der Waals surface area contributed by atoms with Gasteiger partial charge in [-0.2, -0.15) is 0 Å². The molecule has 0 spiro atoms. The SMILES string of the molecule is CCC(CC)(CC)NCC(=O)N1CCCCCC1. The molecule has 0 radical (unpaired) electrons. The Labute approximate surface area is 112 Å². The van der Waals surface area contributed by atoms with Gasteiger partial charge in [0.2, 0.25) is 5.91 Å². The fourth-order valence-electron chi connectivity index (χ4n) is 2.82. The van der Waals surface area contributed by atoms with E-state index in [0.29, 0.717) is 6.54 Å². The number of nitrogens with one attached hydrogen (secondary N) is 1. The summed E-state index contributed by atoms with van der Waals surface area (Å²) in [4.78, 5) is 14.3. The Morgan fingerprint density at radius 3 is 1.94 bits per heavy atom. The third-order valence-electron chi connectivity index (χ3n) is 4.60. The molecule has 1 heterocycles. The van der Waals surface area contributed by atoms with E-state index in [0.717, 1.165) is 32.4 Å². The van der Waals surface area contributed by atoms with E-state index in [4.69, 9.17) is 0 Å². The molecule has 18 heavy (non-hydrogen) atoms. The number of hydrogen-bond acceptors (Lipinski definition) is 2.